The third-order valence-electron chi connectivity index (χ3n) is 4.46. The maximum atomic E-state index is 11.9. The lowest BCUT2D eigenvalue weighted by molar-refractivity contribution is -0.266. The van der Waals surface area contributed by atoms with Crippen LogP contribution in [0.2, 0.25) is 0 Å². The molecule has 0 amide bonds. The molecule has 0 bridgehead atoms. The molecule has 0 saturated carbocycles. The van der Waals surface area contributed by atoms with E-state index in [1.165, 1.54) is 41.0 Å². The summed E-state index contributed by atoms with van der Waals surface area (Å²) in [5, 5.41) is 0. The molecule has 2 rings (SSSR count). The largest absolute Gasteiger partial charge is 0.497 e. The van der Waals surface area contributed by atoms with Crippen LogP contribution >= 0.6 is 0 Å². The number of aliphatic imine (C=N–C) groups is 1. The molecule has 1 aliphatic rings. The number of nitrogens with zero attached hydrogens (tertiary/aromatic N) is 1. The Morgan fingerprint density at radius 3 is 1.97 bits per heavy atom. The second kappa shape index (κ2) is 12.0. The molecule has 0 N–H and O–H groups in total. The molecule has 0 unspecified atom stereocenters. The van der Waals surface area contributed by atoms with Gasteiger partial charge in [-0.05, 0) is 29.8 Å². The molecule has 0 aromatic heterocycles. The number of carbonyl (C=O) groups excluding carboxylic acids is 4. The molecule has 0 radical (unpaired) electrons. The smallest absolute Gasteiger partial charge is 0.305 e. The molecule has 1 saturated heterocycles. The Labute approximate surface area is 190 Å². The second-order valence-electron chi connectivity index (χ2n) is 7.14. The Morgan fingerprint density at radius 2 is 1.45 bits per heavy atom. The molecule has 11 nitrogen and oxygen atoms in total. The molecule has 5 atom stereocenters. The average Bonchev–Trinajstić information content (AvgIpc) is 2.73. The van der Waals surface area contributed by atoms with Crippen LogP contribution in [0.1, 0.15) is 33.3 Å². The molecule has 1 aromatic carbocycles. The highest BCUT2D eigenvalue weighted by Crippen LogP contribution is 2.30. The van der Waals surface area contributed by atoms with Crippen LogP contribution in [-0.4, -0.2) is 74.5 Å². The molecule has 1 fully saturated rings. The number of hydrogen-bond acceptors (Lipinski definition) is 11. The molecular weight excluding hydrogens is 438 g/mol. The normalized spacial score (nSPS) is 24.6. The molecule has 1 aromatic rings. The van der Waals surface area contributed by atoms with Crippen molar-refractivity contribution in [3.05, 3.63) is 29.8 Å². The van der Waals surface area contributed by atoms with Crippen molar-refractivity contribution in [3.63, 3.8) is 0 Å². The van der Waals surface area contributed by atoms with Crippen molar-refractivity contribution in [2.75, 3.05) is 13.7 Å². The van der Waals surface area contributed by atoms with Gasteiger partial charge in [0, 0.05) is 33.9 Å². The summed E-state index contributed by atoms with van der Waals surface area (Å²) in [6.07, 6.45) is -3.31. The lowest BCUT2D eigenvalue weighted by Crippen LogP contribution is -2.61. The minimum Gasteiger partial charge on any atom is -0.497 e. The van der Waals surface area contributed by atoms with Gasteiger partial charge in [-0.25, -0.2) is 0 Å². The molecule has 1 heterocycles. The highest BCUT2D eigenvalue weighted by atomic mass is 16.7. The van der Waals surface area contributed by atoms with E-state index in [0.717, 1.165) is 0 Å². The number of methoxy groups -OCH3 is 1. The van der Waals surface area contributed by atoms with E-state index < -0.39 is 54.5 Å². The Kier molecular flexibility index (Phi) is 9.34. The van der Waals surface area contributed by atoms with Gasteiger partial charge in [0.15, 0.2) is 18.2 Å². The number of benzene rings is 1. The van der Waals surface area contributed by atoms with Gasteiger partial charge in [-0.15, -0.1) is 0 Å². The van der Waals surface area contributed by atoms with Crippen LogP contribution in [0.3, 0.4) is 0 Å². The fourth-order valence-electron chi connectivity index (χ4n) is 3.17. The van der Waals surface area contributed by atoms with E-state index in [9.17, 15) is 19.2 Å². The van der Waals surface area contributed by atoms with Crippen molar-refractivity contribution in [2.24, 2.45) is 4.99 Å². The van der Waals surface area contributed by atoms with Crippen molar-refractivity contribution >= 4 is 30.1 Å². The van der Waals surface area contributed by atoms with Gasteiger partial charge in [0.1, 0.15) is 18.5 Å². The predicted molar refractivity (Wildman–Crippen MR) is 113 cm³/mol. The summed E-state index contributed by atoms with van der Waals surface area (Å²) in [6.45, 7) is 4.37. The molecular formula is C22H27NO10. The maximum Gasteiger partial charge on any atom is 0.305 e. The van der Waals surface area contributed by atoms with Gasteiger partial charge in [0.25, 0.3) is 0 Å². The van der Waals surface area contributed by atoms with Crippen LogP contribution in [0, 0.1) is 0 Å². The number of esters is 4. The molecule has 0 aliphatic carbocycles. The van der Waals surface area contributed by atoms with Crippen molar-refractivity contribution in [2.45, 2.75) is 58.3 Å². The van der Waals surface area contributed by atoms with Gasteiger partial charge < -0.3 is 28.4 Å². The SMILES string of the molecule is COc1ccc(C=N[C@H]2[C@@H](OC(C)=O)O[C@@H](COC(C)=O)[C@H](OC(C)=O)[C@H]2OC(C)=O)cc1. The summed E-state index contributed by atoms with van der Waals surface area (Å²) in [4.78, 5) is 51.1. The predicted octanol–water partition coefficient (Wildman–Crippen LogP) is 1.20. The van der Waals surface area contributed by atoms with Gasteiger partial charge in [0.05, 0.1) is 7.11 Å². The van der Waals surface area contributed by atoms with Crippen LogP contribution < -0.4 is 4.74 Å². The number of ether oxygens (including phenoxy) is 6. The minimum atomic E-state index is -1.31. The van der Waals surface area contributed by atoms with E-state index in [-0.39, 0.29) is 6.61 Å². The summed E-state index contributed by atoms with van der Waals surface area (Å²) < 4.78 is 32.0. The first kappa shape index (κ1) is 25.8. The maximum absolute atomic E-state index is 11.9. The van der Waals surface area contributed by atoms with Crippen LogP contribution in [-0.2, 0) is 42.9 Å². The molecule has 180 valence electrons. The van der Waals surface area contributed by atoms with Crippen molar-refractivity contribution in [1.29, 1.82) is 0 Å². The zero-order valence-electron chi connectivity index (χ0n) is 19.0. The topological polar surface area (TPSA) is 136 Å². The Hall–Kier alpha value is -3.47. The van der Waals surface area contributed by atoms with Crippen molar-refractivity contribution in [1.82, 2.24) is 0 Å². The second-order valence-corrected chi connectivity index (χ2v) is 7.14. The number of rotatable bonds is 8. The Bertz CT molecular complexity index is 882. The first-order chi connectivity index (χ1) is 15.6. The summed E-state index contributed by atoms with van der Waals surface area (Å²) in [5.74, 6) is -2.00. The molecule has 11 heteroatoms. The fourth-order valence-corrected chi connectivity index (χ4v) is 3.17. The van der Waals surface area contributed by atoms with Crippen molar-refractivity contribution < 1.29 is 47.6 Å². The summed E-state index contributed by atoms with van der Waals surface area (Å²) in [6, 6.07) is 5.84. The highest BCUT2D eigenvalue weighted by Gasteiger charge is 2.51. The summed E-state index contributed by atoms with van der Waals surface area (Å²) >= 11 is 0. The highest BCUT2D eigenvalue weighted by molar-refractivity contribution is 5.80. The van der Waals surface area contributed by atoms with Gasteiger partial charge >= 0.3 is 23.9 Å². The molecule has 1 aliphatic heterocycles. The lowest BCUT2D eigenvalue weighted by Gasteiger charge is -2.42. The van der Waals surface area contributed by atoms with Crippen LogP contribution in [0.15, 0.2) is 29.3 Å². The van der Waals surface area contributed by atoms with Crippen LogP contribution in [0.4, 0.5) is 0 Å². The average molecular weight is 465 g/mol. The summed E-state index contributed by atoms with van der Waals surface area (Å²) in [5.41, 5.74) is 0.671. The third kappa shape index (κ3) is 7.86. The monoisotopic (exact) mass is 465 g/mol. The van der Waals surface area contributed by atoms with Gasteiger partial charge in [-0.2, -0.15) is 0 Å². The van der Waals surface area contributed by atoms with E-state index in [2.05, 4.69) is 4.99 Å². The van der Waals surface area contributed by atoms with Crippen LogP contribution in [0.5, 0.6) is 5.75 Å². The minimum absolute atomic E-state index is 0.336. The van der Waals surface area contributed by atoms with Gasteiger partial charge in [-0.3, -0.25) is 24.2 Å². The fraction of sp³-hybridized carbons (Fsp3) is 0.500. The summed E-state index contributed by atoms with van der Waals surface area (Å²) in [7, 11) is 1.54. The third-order valence-corrected chi connectivity index (χ3v) is 4.46. The Balaban J connectivity index is 2.45. The zero-order valence-corrected chi connectivity index (χ0v) is 19.0. The van der Waals surface area contributed by atoms with Gasteiger partial charge in [-0.1, -0.05) is 0 Å². The van der Waals surface area contributed by atoms with Crippen LogP contribution in [0.25, 0.3) is 0 Å². The van der Waals surface area contributed by atoms with Gasteiger partial charge in [0.2, 0.25) is 6.29 Å². The van der Waals surface area contributed by atoms with E-state index in [1.54, 1.807) is 24.3 Å². The molecule has 33 heavy (non-hydrogen) atoms. The lowest BCUT2D eigenvalue weighted by atomic mass is 9.96. The molecule has 0 spiro atoms. The first-order valence-electron chi connectivity index (χ1n) is 10.1. The standard InChI is InChI=1S/C22H27NO10/c1-12(24)29-11-18-20(30-13(2)25)21(31-14(3)26)19(22(33-18)32-15(4)27)23-10-16-6-8-17(28-5)9-7-16/h6-10,18-22H,11H2,1-5H3/t18-,19+,20-,21-,22-/m0/s1. The van der Waals surface area contributed by atoms with E-state index in [1.807, 2.05) is 0 Å². The van der Waals surface area contributed by atoms with E-state index in [4.69, 9.17) is 28.4 Å². The quantitative estimate of drug-likeness (QED) is 0.313. The van der Waals surface area contributed by atoms with E-state index >= 15 is 0 Å². The number of hydrogen-bond donors (Lipinski definition) is 0. The zero-order chi connectivity index (χ0) is 24.5. The van der Waals surface area contributed by atoms with Crippen molar-refractivity contribution in [3.8, 4) is 5.75 Å². The van der Waals surface area contributed by atoms with E-state index in [0.29, 0.717) is 11.3 Å². The first-order valence-corrected chi connectivity index (χ1v) is 10.1. The number of carbonyl (C=O) groups is 4. The Morgan fingerprint density at radius 1 is 0.879 bits per heavy atom.